The molecule has 1 aromatic rings. The highest BCUT2D eigenvalue weighted by atomic mass is 16.6. The van der Waals surface area contributed by atoms with Crippen LogP contribution in [0, 0.1) is 5.92 Å². The van der Waals surface area contributed by atoms with Gasteiger partial charge in [-0.25, -0.2) is 0 Å². The standard InChI is InChI=1S/C18H35N3O5/c1-16(2)13-21-14-18(19-20-21)15-25-10-9-23-6-5-22-7-8-24-11-12-26-17(3)4/h14,16-17H,5-13,15H2,1-4H3. The quantitative estimate of drug-likeness (QED) is 0.386. The summed E-state index contributed by atoms with van der Waals surface area (Å²) in [4.78, 5) is 0. The molecule has 152 valence electrons. The molecule has 0 N–H and O–H groups in total. The van der Waals surface area contributed by atoms with Crippen LogP contribution in [0.3, 0.4) is 0 Å². The van der Waals surface area contributed by atoms with Crippen LogP contribution >= 0.6 is 0 Å². The Morgan fingerprint density at radius 3 is 1.88 bits per heavy atom. The Labute approximate surface area is 157 Å². The summed E-state index contributed by atoms with van der Waals surface area (Å²) in [5, 5.41) is 8.15. The van der Waals surface area contributed by atoms with Crippen molar-refractivity contribution < 1.29 is 23.7 Å². The highest BCUT2D eigenvalue weighted by molar-refractivity contribution is 4.89. The van der Waals surface area contributed by atoms with Crippen molar-refractivity contribution in [1.82, 2.24) is 15.0 Å². The molecule has 0 aliphatic heterocycles. The Morgan fingerprint density at radius 2 is 1.35 bits per heavy atom. The van der Waals surface area contributed by atoms with E-state index in [1.165, 1.54) is 0 Å². The summed E-state index contributed by atoms with van der Waals surface area (Å²) in [6.07, 6.45) is 2.17. The smallest absolute Gasteiger partial charge is 0.108 e. The van der Waals surface area contributed by atoms with Crippen molar-refractivity contribution in [2.45, 2.75) is 47.0 Å². The molecule has 0 aliphatic rings. The van der Waals surface area contributed by atoms with Gasteiger partial charge in [0, 0.05) is 6.54 Å². The molecule has 0 bridgehead atoms. The Hall–Kier alpha value is -1.06. The zero-order valence-corrected chi connectivity index (χ0v) is 16.7. The maximum absolute atomic E-state index is 5.52. The lowest BCUT2D eigenvalue weighted by molar-refractivity contribution is -0.0186. The van der Waals surface area contributed by atoms with Crippen LogP contribution in [0.4, 0.5) is 0 Å². The fourth-order valence-electron chi connectivity index (χ4n) is 2.05. The third-order valence-corrected chi connectivity index (χ3v) is 3.18. The molecule has 0 fully saturated rings. The van der Waals surface area contributed by atoms with Crippen molar-refractivity contribution in [1.29, 1.82) is 0 Å². The van der Waals surface area contributed by atoms with Gasteiger partial charge < -0.3 is 23.7 Å². The molecule has 1 heterocycles. The molecular formula is C18H35N3O5. The minimum absolute atomic E-state index is 0.245. The summed E-state index contributed by atoms with van der Waals surface area (Å²) in [5.41, 5.74) is 0.841. The predicted octanol–water partition coefficient (Wildman–Crippen LogP) is 1.93. The zero-order chi connectivity index (χ0) is 19.0. The van der Waals surface area contributed by atoms with Crippen LogP contribution in [0.25, 0.3) is 0 Å². The maximum Gasteiger partial charge on any atom is 0.108 e. The first-order valence-electron chi connectivity index (χ1n) is 9.39. The monoisotopic (exact) mass is 373 g/mol. The first-order chi connectivity index (χ1) is 12.6. The number of aromatic nitrogens is 3. The van der Waals surface area contributed by atoms with Gasteiger partial charge in [-0.3, -0.25) is 4.68 Å². The van der Waals surface area contributed by atoms with Gasteiger partial charge in [0.05, 0.1) is 71.8 Å². The third kappa shape index (κ3) is 13.2. The normalized spacial score (nSPS) is 11.8. The van der Waals surface area contributed by atoms with Crippen molar-refractivity contribution >= 4 is 0 Å². The van der Waals surface area contributed by atoms with E-state index < -0.39 is 0 Å². The van der Waals surface area contributed by atoms with E-state index in [0.29, 0.717) is 65.4 Å². The first-order valence-corrected chi connectivity index (χ1v) is 9.39. The molecule has 0 atom stereocenters. The van der Waals surface area contributed by atoms with E-state index in [9.17, 15) is 0 Å². The second-order valence-electron chi connectivity index (χ2n) is 6.64. The van der Waals surface area contributed by atoms with Crippen LogP contribution < -0.4 is 0 Å². The van der Waals surface area contributed by atoms with Gasteiger partial charge in [-0.15, -0.1) is 5.10 Å². The predicted molar refractivity (Wildman–Crippen MR) is 98.1 cm³/mol. The van der Waals surface area contributed by atoms with Crippen LogP contribution in [0.5, 0.6) is 0 Å². The number of ether oxygens (including phenoxy) is 5. The van der Waals surface area contributed by atoms with Gasteiger partial charge in [-0.1, -0.05) is 19.1 Å². The van der Waals surface area contributed by atoms with E-state index >= 15 is 0 Å². The van der Waals surface area contributed by atoms with Gasteiger partial charge in [0.15, 0.2) is 0 Å². The van der Waals surface area contributed by atoms with Gasteiger partial charge in [0.1, 0.15) is 5.69 Å². The molecule has 0 unspecified atom stereocenters. The Bertz CT molecular complexity index is 440. The van der Waals surface area contributed by atoms with E-state index in [1.807, 2.05) is 24.7 Å². The topological polar surface area (TPSA) is 76.9 Å². The molecule has 1 aromatic heterocycles. The van der Waals surface area contributed by atoms with Crippen molar-refractivity contribution in [2.75, 3.05) is 52.9 Å². The SMILES string of the molecule is CC(C)Cn1cc(COCCOCCOCCOCCOC(C)C)nn1. The van der Waals surface area contributed by atoms with E-state index in [0.717, 1.165) is 12.2 Å². The fraction of sp³-hybridized carbons (Fsp3) is 0.889. The minimum atomic E-state index is 0.245. The molecule has 0 radical (unpaired) electrons. The number of nitrogens with zero attached hydrogens (tertiary/aromatic N) is 3. The lowest BCUT2D eigenvalue weighted by atomic mass is 10.2. The summed E-state index contributed by atoms with van der Waals surface area (Å²) in [6, 6.07) is 0. The van der Waals surface area contributed by atoms with Crippen LogP contribution in [0.1, 0.15) is 33.4 Å². The molecule has 0 aromatic carbocycles. The number of rotatable bonds is 17. The van der Waals surface area contributed by atoms with Gasteiger partial charge in [-0.05, 0) is 19.8 Å². The van der Waals surface area contributed by atoms with Gasteiger partial charge in [0.25, 0.3) is 0 Å². The molecule has 1 rings (SSSR count). The summed E-state index contributed by atoms with van der Waals surface area (Å²) in [5.74, 6) is 0.548. The van der Waals surface area contributed by atoms with Crippen LogP contribution in [-0.4, -0.2) is 74.0 Å². The highest BCUT2D eigenvalue weighted by Crippen LogP contribution is 2.00. The average molecular weight is 373 g/mol. The lowest BCUT2D eigenvalue weighted by Gasteiger charge is -2.09. The van der Waals surface area contributed by atoms with E-state index in [1.54, 1.807) is 0 Å². The van der Waals surface area contributed by atoms with Crippen LogP contribution in [-0.2, 0) is 36.8 Å². The highest BCUT2D eigenvalue weighted by Gasteiger charge is 2.02. The average Bonchev–Trinajstić information content (AvgIpc) is 3.01. The molecule has 0 aliphatic carbocycles. The molecule has 0 amide bonds. The maximum atomic E-state index is 5.52. The number of hydrogen-bond acceptors (Lipinski definition) is 7. The molecule has 26 heavy (non-hydrogen) atoms. The van der Waals surface area contributed by atoms with Crippen molar-refractivity contribution in [3.63, 3.8) is 0 Å². The van der Waals surface area contributed by atoms with E-state index in [-0.39, 0.29) is 6.10 Å². The van der Waals surface area contributed by atoms with Crippen LogP contribution in [0.15, 0.2) is 6.20 Å². The summed E-state index contributed by atoms with van der Waals surface area (Å²) in [6.45, 7) is 14.1. The Kier molecular flexibility index (Phi) is 13.3. The molecule has 0 spiro atoms. The molecule has 0 saturated carbocycles. The molecule has 8 heteroatoms. The van der Waals surface area contributed by atoms with Gasteiger partial charge in [-0.2, -0.15) is 0 Å². The lowest BCUT2D eigenvalue weighted by Crippen LogP contribution is -2.14. The first kappa shape index (κ1) is 23.0. The summed E-state index contributed by atoms with van der Waals surface area (Å²) in [7, 11) is 0. The second kappa shape index (κ2) is 15.0. The summed E-state index contributed by atoms with van der Waals surface area (Å²) >= 11 is 0. The number of hydrogen-bond donors (Lipinski definition) is 0. The molecule has 0 saturated heterocycles. The van der Waals surface area contributed by atoms with Crippen molar-refractivity contribution in [3.8, 4) is 0 Å². The van der Waals surface area contributed by atoms with E-state index in [2.05, 4.69) is 24.2 Å². The van der Waals surface area contributed by atoms with Gasteiger partial charge in [0.2, 0.25) is 0 Å². The van der Waals surface area contributed by atoms with Crippen molar-refractivity contribution in [3.05, 3.63) is 11.9 Å². The summed E-state index contributed by atoms with van der Waals surface area (Å²) < 4.78 is 29.0. The zero-order valence-electron chi connectivity index (χ0n) is 16.7. The van der Waals surface area contributed by atoms with Gasteiger partial charge >= 0.3 is 0 Å². The largest absolute Gasteiger partial charge is 0.377 e. The fourth-order valence-corrected chi connectivity index (χ4v) is 2.05. The third-order valence-electron chi connectivity index (χ3n) is 3.18. The van der Waals surface area contributed by atoms with Crippen LogP contribution in [0.2, 0.25) is 0 Å². The molecule has 8 nitrogen and oxygen atoms in total. The van der Waals surface area contributed by atoms with E-state index in [4.69, 9.17) is 23.7 Å². The Balaban J connectivity index is 1.81. The van der Waals surface area contributed by atoms with Crippen molar-refractivity contribution in [2.24, 2.45) is 5.92 Å². The molecular weight excluding hydrogens is 338 g/mol. The second-order valence-corrected chi connectivity index (χ2v) is 6.64. The minimum Gasteiger partial charge on any atom is -0.377 e. The Morgan fingerprint density at radius 1 is 0.808 bits per heavy atom.